The van der Waals surface area contributed by atoms with Crippen molar-refractivity contribution >= 4 is 0 Å². The largest absolute Gasteiger partial charge is 0.328 e. The van der Waals surface area contributed by atoms with Gasteiger partial charge >= 0.3 is 5.69 Å². The highest BCUT2D eigenvalue weighted by Gasteiger charge is 2.17. The minimum absolute atomic E-state index is 0.108. The average Bonchev–Trinajstić information content (AvgIpc) is 2.71. The van der Waals surface area contributed by atoms with E-state index in [9.17, 15) is 4.79 Å². The monoisotopic (exact) mass is 251 g/mol. The van der Waals surface area contributed by atoms with Crippen LogP contribution in [0.2, 0.25) is 0 Å². The third-order valence-electron chi connectivity index (χ3n) is 3.98. The molecule has 102 valence electrons. The number of nitrogens with one attached hydrogen (secondary N) is 1. The van der Waals surface area contributed by atoms with Crippen LogP contribution in [0.15, 0.2) is 17.2 Å². The molecule has 0 saturated heterocycles. The topological polar surface area (TPSA) is 39.0 Å². The van der Waals surface area contributed by atoms with Crippen molar-refractivity contribution in [2.24, 2.45) is 5.92 Å². The third kappa shape index (κ3) is 3.25. The van der Waals surface area contributed by atoms with Gasteiger partial charge in [0.15, 0.2) is 0 Å². The summed E-state index contributed by atoms with van der Waals surface area (Å²) in [7, 11) is 0. The van der Waals surface area contributed by atoms with Crippen LogP contribution in [0.3, 0.4) is 0 Å². The Hall–Kier alpha value is -1.03. The molecule has 1 fully saturated rings. The van der Waals surface area contributed by atoms with Crippen molar-refractivity contribution in [2.75, 3.05) is 6.54 Å². The summed E-state index contributed by atoms with van der Waals surface area (Å²) in [5.41, 5.74) is 0.108. The lowest BCUT2D eigenvalue weighted by Crippen LogP contribution is -2.37. The van der Waals surface area contributed by atoms with Crippen molar-refractivity contribution in [1.82, 2.24) is 14.5 Å². The van der Waals surface area contributed by atoms with Crippen LogP contribution < -0.4 is 11.0 Å². The van der Waals surface area contributed by atoms with Gasteiger partial charge in [0.2, 0.25) is 0 Å². The Morgan fingerprint density at radius 2 is 2.11 bits per heavy atom. The van der Waals surface area contributed by atoms with E-state index < -0.39 is 0 Å². The Bertz CT molecular complexity index is 421. The second kappa shape index (κ2) is 6.23. The van der Waals surface area contributed by atoms with E-state index in [1.165, 1.54) is 25.7 Å². The van der Waals surface area contributed by atoms with Gasteiger partial charge in [0, 0.05) is 38.1 Å². The lowest BCUT2D eigenvalue weighted by molar-refractivity contribution is 0.299. The number of rotatable bonds is 5. The van der Waals surface area contributed by atoms with E-state index in [4.69, 9.17) is 0 Å². The van der Waals surface area contributed by atoms with Gasteiger partial charge in [-0.2, -0.15) is 0 Å². The summed E-state index contributed by atoms with van der Waals surface area (Å²) in [5.74, 6) is 0.847. The molecular weight excluding hydrogens is 226 g/mol. The standard InChI is InChI=1S/C14H25N3O/c1-3-16-9-10-17(14(16)18)8-7-15-13-6-4-5-12(2)11-13/h9-10,12-13,15H,3-8,11H2,1-2H3. The van der Waals surface area contributed by atoms with Crippen LogP contribution in [0.1, 0.15) is 39.5 Å². The molecular formula is C14H25N3O. The van der Waals surface area contributed by atoms with Gasteiger partial charge in [-0.3, -0.25) is 9.13 Å². The first-order chi connectivity index (χ1) is 8.70. The Labute approximate surface area is 109 Å². The van der Waals surface area contributed by atoms with Crippen LogP contribution in [0, 0.1) is 5.92 Å². The van der Waals surface area contributed by atoms with Crippen LogP contribution in [-0.2, 0) is 13.1 Å². The molecule has 0 aliphatic heterocycles. The van der Waals surface area contributed by atoms with Crippen LogP contribution in [-0.4, -0.2) is 21.7 Å². The van der Waals surface area contributed by atoms with Crippen molar-refractivity contribution in [2.45, 2.75) is 58.7 Å². The number of nitrogens with zero attached hydrogens (tertiary/aromatic N) is 2. The summed E-state index contributed by atoms with van der Waals surface area (Å²) in [4.78, 5) is 11.8. The molecule has 1 aromatic heterocycles. The summed E-state index contributed by atoms with van der Waals surface area (Å²) in [6.07, 6.45) is 9.03. The molecule has 2 atom stereocenters. The number of hydrogen-bond acceptors (Lipinski definition) is 2. The van der Waals surface area contributed by atoms with Gasteiger partial charge in [-0.15, -0.1) is 0 Å². The Morgan fingerprint density at radius 1 is 1.33 bits per heavy atom. The second-order valence-corrected chi connectivity index (χ2v) is 5.48. The quantitative estimate of drug-likeness (QED) is 0.867. The van der Waals surface area contributed by atoms with Crippen LogP contribution in [0.25, 0.3) is 0 Å². The van der Waals surface area contributed by atoms with Crippen molar-refractivity contribution in [3.8, 4) is 0 Å². The van der Waals surface area contributed by atoms with E-state index in [1.807, 2.05) is 19.3 Å². The summed E-state index contributed by atoms with van der Waals surface area (Å²) < 4.78 is 3.53. The van der Waals surface area contributed by atoms with Crippen molar-refractivity contribution < 1.29 is 0 Å². The molecule has 4 nitrogen and oxygen atoms in total. The predicted molar refractivity (Wildman–Crippen MR) is 73.8 cm³/mol. The highest BCUT2D eigenvalue weighted by atomic mass is 16.1. The molecule has 2 rings (SSSR count). The summed E-state index contributed by atoms with van der Waals surface area (Å²) in [5, 5.41) is 3.59. The van der Waals surface area contributed by atoms with Gasteiger partial charge in [0.05, 0.1) is 0 Å². The number of imidazole rings is 1. The molecule has 0 spiro atoms. The molecule has 1 aliphatic rings. The molecule has 4 heteroatoms. The molecule has 0 amide bonds. The third-order valence-corrected chi connectivity index (χ3v) is 3.98. The first kappa shape index (κ1) is 13.4. The van der Waals surface area contributed by atoms with E-state index in [-0.39, 0.29) is 5.69 Å². The maximum atomic E-state index is 11.8. The van der Waals surface area contributed by atoms with E-state index in [0.29, 0.717) is 6.04 Å². The van der Waals surface area contributed by atoms with E-state index >= 15 is 0 Å². The van der Waals surface area contributed by atoms with E-state index in [2.05, 4.69) is 12.2 Å². The molecule has 1 saturated carbocycles. The van der Waals surface area contributed by atoms with Gasteiger partial charge in [0.1, 0.15) is 0 Å². The minimum Gasteiger partial charge on any atom is -0.312 e. The molecule has 1 heterocycles. The molecule has 18 heavy (non-hydrogen) atoms. The number of aryl methyl sites for hydroxylation is 1. The highest BCUT2D eigenvalue weighted by molar-refractivity contribution is 4.82. The van der Waals surface area contributed by atoms with Crippen LogP contribution >= 0.6 is 0 Å². The Balaban J connectivity index is 1.77. The smallest absolute Gasteiger partial charge is 0.312 e. The number of aromatic nitrogens is 2. The van der Waals surface area contributed by atoms with Gasteiger partial charge in [-0.1, -0.05) is 19.8 Å². The maximum absolute atomic E-state index is 11.8. The fourth-order valence-electron chi connectivity index (χ4n) is 2.87. The predicted octanol–water partition coefficient (Wildman–Crippen LogP) is 1.84. The molecule has 2 unspecified atom stereocenters. The zero-order chi connectivity index (χ0) is 13.0. The first-order valence-electron chi connectivity index (χ1n) is 7.19. The molecule has 0 bridgehead atoms. The molecule has 1 N–H and O–H groups in total. The second-order valence-electron chi connectivity index (χ2n) is 5.48. The molecule has 1 aliphatic carbocycles. The van der Waals surface area contributed by atoms with Gasteiger partial charge in [-0.05, 0) is 25.7 Å². The van der Waals surface area contributed by atoms with Crippen molar-refractivity contribution in [1.29, 1.82) is 0 Å². The normalized spacial score (nSPS) is 24.3. The van der Waals surface area contributed by atoms with E-state index in [1.54, 1.807) is 9.13 Å². The Morgan fingerprint density at radius 3 is 2.78 bits per heavy atom. The minimum atomic E-state index is 0.108. The SMILES string of the molecule is CCn1ccn(CCNC2CCCC(C)C2)c1=O. The maximum Gasteiger partial charge on any atom is 0.328 e. The zero-order valence-corrected chi connectivity index (χ0v) is 11.6. The molecule has 0 radical (unpaired) electrons. The summed E-state index contributed by atoms with van der Waals surface area (Å²) >= 11 is 0. The average molecular weight is 251 g/mol. The highest BCUT2D eigenvalue weighted by Crippen LogP contribution is 2.23. The summed E-state index contributed by atoms with van der Waals surface area (Å²) in [6.45, 7) is 6.74. The molecule has 1 aromatic rings. The Kier molecular flexibility index (Phi) is 4.64. The lowest BCUT2D eigenvalue weighted by atomic mass is 9.87. The zero-order valence-electron chi connectivity index (χ0n) is 11.6. The van der Waals surface area contributed by atoms with Crippen molar-refractivity contribution in [3.63, 3.8) is 0 Å². The molecule has 0 aromatic carbocycles. The van der Waals surface area contributed by atoms with Crippen LogP contribution in [0.4, 0.5) is 0 Å². The fourth-order valence-corrected chi connectivity index (χ4v) is 2.87. The van der Waals surface area contributed by atoms with Crippen LogP contribution in [0.5, 0.6) is 0 Å². The fraction of sp³-hybridized carbons (Fsp3) is 0.786. The van der Waals surface area contributed by atoms with Gasteiger partial charge in [0.25, 0.3) is 0 Å². The van der Waals surface area contributed by atoms with Gasteiger partial charge < -0.3 is 5.32 Å². The summed E-state index contributed by atoms with van der Waals surface area (Å²) in [6, 6.07) is 0.651. The first-order valence-corrected chi connectivity index (χ1v) is 7.19. The van der Waals surface area contributed by atoms with Crippen molar-refractivity contribution in [3.05, 3.63) is 22.9 Å². The van der Waals surface area contributed by atoms with Gasteiger partial charge in [-0.25, -0.2) is 4.79 Å². The number of hydrogen-bond donors (Lipinski definition) is 1. The van der Waals surface area contributed by atoms with E-state index in [0.717, 1.165) is 25.6 Å². The lowest BCUT2D eigenvalue weighted by Gasteiger charge is -2.27.